The third kappa shape index (κ3) is 1.55. The summed E-state index contributed by atoms with van der Waals surface area (Å²) in [6.45, 7) is 3.15. The molecular weight excluding hydrogens is 112 g/mol. The zero-order valence-electron chi connectivity index (χ0n) is 6.18. The Hall–Kier alpha value is -0.300. The van der Waals surface area contributed by atoms with Crippen LogP contribution in [0.1, 0.15) is 19.8 Å². The monoisotopic (exact) mass is 126 g/mol. The van der Waals surface area contributed by atoms with Gasteiger partial charge in [-0.1, -0.05) is 19.1 Å². The van der Waals surface area contributed by atoms with Crippen LogP contribution in [0.25, 0.3) is 0 Å². The number of rotatable bonds is 2. The van der Waals surface area contributed by atoms with Crippen molar-refractivity contribution in [2.24, 2.45) is 5.41 Å². The predicted molar refractivity (Wildman–Crippen MR) is 38.4 cm³/mol. The molecule has 1 heteroatoms. The Labute approximate surface area is 56.7 Å². The lowest BCUT2D eigenvalue weighted by Gasteiger charge is -2.21. The molecule has 9 heavy (non-hydrogen) atoms. The van der Waals surface area contributed by atoms with Crippen LogP contribution in [0.4, 0.5) is 0 Å². The van der Waals surface area contributed by atoms with Gasteiger partial charge in [-0.15, -0.1) is 0 Å². The average Bonchev–Trinajstić information content (AvgIpc) is 2.16. The lowest BCUT2D eigenvalue weighted by molar-refractivity contribution is 0.101. The van der Waals surface area contributed by atoms with Gasteiger partial charge in [0.2, 0.25) is 0 Å². The molecule has 0 atom stereocenters. The summed E-state index contributed by atoms with van der Waals surface area (Å²) in [4.78, 5) is 0. The Kier molecular flexibility index (Phi) is 1.91. The Balaban J connectivity index is 2.36. The summed E-state index contributed by atoms with van der Waals surface area (Å²) in [5.41, 5.74) is 0.411. The van der Waals surface area contributed by atoms with Gasteiger partial charge < -0.3 is 4.74 Å². The topological polar surface area (TPSA) is 9.23 Å². The Morgan fingerprint density at radius 1 is 1.44 bits per heavy atom. The lowest BCUT2D eigenvalue weighted by atomic mass is 9.89. The number of hydrogen-bond acceptors (Lipinski definition) is 1. The van der Waals surface area contributed by atoms with E-state index in [-0.39, 0.29) is 0 Å². The first-order chi connectivity index (χ1) is 4.27. The Morgan fingerprint density at radius 2 is 2.00 bits per heavy atom. The van der Waals surface area contributed by atoms with Gasteiger partial charge in [0.05, 0.1) is 6.61 Å². The standard InChI is InChI=1S/C8H14O/c1-8(7-9-2)5-3-4-6-8/h3-4H,5-7H2,1-2H3. The molecule has 1 nitrogen and oxygen atoms in total. The molecule has 0 saturated heterocycles. The summed E-state index contributed by atoms with van der Waals surface area (Å²) in [7, 11) is 1.77. The smallest absolute Gasteiger partial charge is 0.0521 e. The van der Waals surface area contributed by atoms with Crippen molar-refractivity contribution in [1.29, 1.82) is 0 Å². The molecule has 0 bridgehead atoms. The molecule has 0 heterocycles. The van der Waals surface area contributed by atoms with Crippen molar-refractivity contribution >= 4 is 0 Å². The maximum Gasteiger partial charge on any atom is 0.0521 e. The molecule has 0 N–H and O–H groups in total. The molecule has 0 radical (unpaired) electrons. The van der Waals surface area contributed by atoms with Crippen molar-refractivity contribution in [3.8, 4) is 0 Å². The number of ether oxygens (including phenoxy) is 1. The second kappa shape index (κ2) is 2.53. The Morgan fingerprint density at radius 3 is 2.44 bits per heavy atom. The van der Waals surface area contributed by atoms with Crippen LogP contribution < -0.4 is 0 Å². The van der Waals surface area contributed by atoms with Crippen molar-refractivity contribution in [1.82, 2.24) is 0 Å². The van der Waals surface area contributed by atoms with Crippen molar-refractivity contribution < 1.29 is 4.74 Å². The van der Waals surface area contributed by atoms with Gasteiger partial charge in [0, 0.05) is 7.11 Å². The molecule has 1 aliphatic rings. The van der Waals surface area contributed by atoms with Crippen LogP contribution in [0.3, 0.4) is 0 Å². The molecule has 0 aliphatic heterocycles. The molecule has 0 spiro atoms. The van der Waals surface area contributed by atoms with E-state index in [0.717, 1.165) is 6.61 Å². The molecule has 0 aromatic rings. The molecule has 1 rings (SSSR count). The van der Waals surface area contributed by atoms with Crippen LogP contribution in [0.2, 0.25) is 0 Å². The molecular formula is C8H14O. The highest BCUT2D eigenvalue weighted by Crippen LogP contribution is 2.32. The van der Waals surface area contributed by atoms with Crippen LogP contribution >= 0.6 is 0 Å². The number of hydrogen-bond donors (Lipinski definition) is 0. The predicted octanol–water partition coefficient (Wildman–Crippen LogP) is 1.99. The van der Waals surface area contributed by atoms with E-state index in [4.69, 9.17) is 4.74 Å². The van der Waals surface area contributed by atoms with E-state index in [0.29, 0.717) is 5.41 Å². The van der Waals surface area contributed by atoms with Crippen LogP contribution in [-0.4, -0.2) is 13.7 Å². The van der Waals surface area contributed by atoms with Crippen molar-refractivity contribution in [3.05, 3.63) is 12.2 Å². The summed E-state index contributed by atoms with van der Waals surface area (Å²) < 4.78 is 5.09. The first-order valence-corrected chi connectivity index (χ1v) is 3.41. The number of methoxy groups -OCH3 is 1. The third-order valence-corrected chi connectivity index (χ3v) is 1.88. The molecule has 0 amide bonds. The Bertz CT molecular complexity index is 108. The first kappa shape index (κ1) is 6.81. The van der Waals surface area contributed by atoms with E-state index in [1.165, 1.54) is 12.8 Å². The lowest BCUT2D eigenvalue weighted by Crippen LogP contribution is -2.18. The van der Waals surface area contributed by atoms with E-state index < -0.39 is 0 Å². The quantitative estimate of drug-likeness (QED) is 0.514. The van der Waals surface area contributed by atoms with Crippen molar-refractivity contribution in [3.63, 3.8) is 0 Å². The van der Waals surface area contributed by atoms with Gasteiger partial charge in [0.25, 0.3) is 0 Å². The molecule has 52 valence electrons. The third-order valence-electron chi connectivity index (χ3n) is 1.88. The molecule has 1 aliphatic carbocycles. The van der Waals surface area contributed by atoms with Crippen molar-refractivity contribution in [2.45, 2.75) is 19.8 Å². The summed E-state index contributed by atoms with van der Waals surface area (Å²) in [6, 6.07) is 0. The highest BCUT2D eigenvalue weighted by atomic mass is 16.5. The average molecular weight is 126 g/mol. The van der Waals surface area contributed by atoms with Gasteiger partial charge in [0.1, 0.15) is 0 Å². The molecule has 0 saturated carbocycles. The minimum Gasteiger partial charge on any atom is -0.384 e. The largest absolute Gasteiger partial charge is 0.384 e. The fourth-order valence-electron chi connectivity index (χ4n) is 1.29. The van der Waals surface area contributed by atoms with E-state index in [1.54, 1.807) is 7.11 Å². The molecule has 0 aromatic heterocycles. The molecule has 0 fully saturated rings. The number of allylic oxidation sites excluding steroid dienone is 2. The maximum absolute atomic E-state index is 5.09. The maximum atomic E-state index is 5.09. The summed E-state index contributed by atoms with van der Waals surface area (Å²) in [5.74, 6) is 0. The van der Waals surface area contributed by atoms with Crippen LogP contribution in [0, 0.1) is 5.41 Å². The highest BCUT2D eigenvalue weighted by molar-refractivity contribution is 5.00. The minimum absolute atomic E-state index is 0.411. The minimum atomic E-state index is 0.411. The first-order valence-electron chi connectivity index (χ1n) is 3.41. The van der Waals surface area contributed by atoms with Crippen LogP contribution in [-0.2, 0) is 4.74 Å². The fourth-order valence-corrected chi connectivity index (χ4v) is 1.29. The van der Waals surface area contributed by atoms with Crippen molar-refractivity contribution in [2.75, 3.05) is 13.7 Å². The second-order valence-corrected chi connectivity index (χ2v) is 3.12. The SMILES string of the molecule is COCC1(C)CC=CC1. The van der Waals surface area contributed by atoms with Gasteiger partial charge in [-0.25, -0.2) is 0 Å². The zero-order chi connectivity index (χ0) is 6.74. The zero-order valence-corrected chi connectivity index (χ0v) is 6.18. The van der Waals surface area contributed by atoms with Gasteiger partial charge in [-0.3, -0.25) is 0 Å². The van der Waals surface area contributed by atoms with E-state index in [1.807, 2.05) is 0 Å². The van der Waals surface area contributed by atoms with Gasteiger partial charge >= 0.3 is 0 Å². The van der Waals surface area contributed by atoms with Crippen LogP contribution in [0.15, 0.2) is 12.2 Å². The van der Waals surface area contributed by atoms with Gasteiger partial charge in [0.15, 0.2) is 0 Å². The van der Waals surface area contributed by atoms with Gasteiger partial charge in [-0.05, 0) is 18.3 Å². The normalized spacial score (nSPS) is 22.9. The summed E-state index contributed by atoms with van der Waals surface area (Å²) in [5, 5.41) is 0. The van der Waals surface area contributed by atoms with E-state index in [9.17, 15) is 0 Å². The molecule has 0 aromatic carbocycles. The molecule has 0 unspecified atom stereocenters. The summed E-state index contributed by atoms with van der Waals surface area (Å²) >= 11 is 0. The second-order valence-electron chi connectivity index (χ2n) is 3.12. The van der Waals surface area contributed by atoms with Crippen LogP contribution in [0.5, 0.6) is 0 Å². The highest BCUT2D eigenvalue weighted by Gasteiger charge is 2.24. The summed E-state index contributed by atoms with van der Waals surface area (Å²) in [6.07, 6.45) is 6.83. The fraction of sp³-hybridized carbons (Fsp3) is 0.750. The van der Waals surface area contributed by atoms with Gasteiger partial charge in [-0.2, -0.15) is 0 Å². The van der Waals surface area contributed by atoms with E-state index in [2.05, 4.69) is 19.1 Å². The van der Waals surface area contributed by atoms with E-state index >= 15 is 0 Å².